The summed E-state index contributed by atoms with van der Waals surface area (Å²) in [4.78, 5) is 0. The largest absolute Gasteiger partial charge is 0.494 e. The molecule has 1 rings (SSSR count). The summed E-state index contributed by atoms with van der Waals surface area (Å²) in [6, 6.07) is 4.75. The molecule has 0 amide bonds. The molecule has 0 aliphatic heterocycles. The molecule has 14 heavy (non-hydrogen) atoms. The van der Waals surface area contributed by atoms with Crippen molar-refractivity contribution in [3.63, 3.8) is 0 Å². The molecular weight excluding hydrogens is 190 g/mol. The summed E-state index contributed by atoms with van der Waals surface area (Å²) in [7, 11) is 0. The van der Waals surface area contributed by atoms with Crippen LogP contribution in [0.2, 0.25) is 0 Å². The smallest absolute Gasteiger partial charge is 0.387 e. The first-order valence-electron chi connectivity index (χ1n) is 4.31. The summed E-state index contributed by atoms with van der Waals surface area (Å²) < 4.78 is 33.3. The molecule has 0 spiro atoms. The molecule has 2 nitrogen and oxygen atoms in total. The summed E-state index contributed by atoms with van der Waals surface area (Å²) in [5, 5.41) is 0. The maximum absolute atomic E-state index is 11.9. The minimum absolute atomic E-state index is 0.128. The van der Waals surface area contributed by atoms with E-state index in [2.05, 4.69) is 4.74 Å². The Hall–Kier alpha value is -1.32. The summed E-state index contributed by atoms with van der Waals surface area (Å²) >= 11 is 0. The Morgan fingerprint density at radius 3 is 2.43 bits per heavy atom. The third-order valence-corrected chi connectivity index (χ3v) is 1.56. The van der Waals surface area contributed by atoms with Crippen LogP contribution >= 0.6 is 0 Å². The van der Waals surface area contributed by atoms with Gasteiger partial charge in [-0.3, -0.25) is 0 Å². The quantitative estimate of drug-likeness (QED) is 0.747. The van der Waals surface area contributed by atoms with Crippen LogP contribution in [0.15, 0.2) is 18.2 Å². The lowest BCUT2D eigenvalue weighted by Gasteiger charge is -2.08. The Balaban J connectivity index is 2.83. The van der Waals surface area contributed by atoms with E-state index < -0.39 is 6.61 Å². The lowest BCUT2D eigenvalue weighted by molar-refractivity contribution is -0.0499. The van der Waals surface area contributed by atoms with Crippen molar-refractivity contribution < 1.29 is 18.3 Å². The number of alkyl halides is 2. The normalized spacial score (nSPS) is 10.4. The third kappa shape index (κ3) is 3.20. The molecule has 0 aliphatic carbocycles. The second-order valence-electron chi connectivity index (χ2n) is 2.79. The van der Waals surface area contributed by atoms with Crippen LogP contribution < -0.4 is 9.47 Å². The first-order chi connectivity index (χ1) is 6.61. The first-order valence-corrected chi connectivity index (χ1v) is 4.31. The molecular formula is C10H12F2O2. The summed E-state index contributed by atoms with van der Waals surface area (Å²) in [5.41, 5.74) is 0.826. The molecule has 0 radical (unpaired) electrons. The van der Waals surface area contributed by atoms with Gasteiger partial charge in [0.05, 0.1) is 6.61 Å². The molecule has 0 atom stereocenters. The van der Waals surface area contributed by atoms with Gasteiger partial charge in [0.15, 0.2) is 0 Å². The Morgan fingerprint density at radius 1 is 1.21 bits per heavy atom. The molecule has 1 aromatic rings. The van der Waals surface area contributed by atoms with Crippen LogP contribution in [0, 0.1) is 6.92 Å². The van der Waals surface area contributed by atoms with Crippen LogP contribution in [0.4, 0.5) is 8.78 Å². The molecule has 4 heteroatoms. The van der Waals surface area contributed by atoms with Gasteiger partial charge in [-0.25, -0.2) is 0 Å². The highest BCUT2D eigenvalue weighted by Crippen LogP contribution is 2.23. The minimum Gasteiger partial charge on any atom is -0.494 e. The van der Waals surface area contributed by atoms with Crippen molar-refractivity contribution in [1.29, 1.82) is 0 Å². The molecule has 0 aliphatic rings. The number of hydrogen-bond donors (Lipinski definition) is 0. The van der Waals surface area contributed by atoms with Crippen molar-refractivity contribution >= 4 is 0 Å². The van der Waals surface area contributed by atoms with E-state index in [4.69, 9.17) is 4.74 Å². The van der Waals surface area contributed by atoms with Gasteiger partial charge in [-0.05, 0) is 31.5 Å². The van der Waals surface area contributed by atoms with E-state index in [9.17, 15) is 8.78 Å². The van der Waals surface area contributed by atoms with Crippen LogP contribution in [-0.2, 0) is 0 Å². The molecule has 0 saturated carbocycles. The summed E-state index contributed by atoms with van der Waals surface area (Å²) in [6.45, 7) is 1.32. The van der Waals surface area contributed by atoms with Gasteiger partial charge in [0.2, 0.25) is 0 Å². The Bertz CT molecular complexity index is 300. The third-order valence-electron chi connectivity index (χ3n) is 1.56. The lowest BCUT2D eigenvalue weighted by Crippen LogP contribution is -2.02. The van der Waals surface area contributed by atoms with Crippen LogP contribution in [-0.4, -0.2) is 13.2 Å². The lowest BCUT2D eigenvalue weighted by atomic mass is 10.2. The van der Waals surface area contributed by atoms with Crippen LogP contribution in [0.1, 0.15) is 12.5 Å². The van der Waals surface area contributed by atoms with Crippen molar-refractivity contribution in [2.24, 2.45) is 0 Å². The van der Waals surface area contributed by atoms with Gasteiger partial charge < -0.3 is 9.47 Å². The second kappa shape index (κ2) is 4.79. The number of benzene rings is 1. The Labute approximate surface area is 81.4 Å². The highest BCUT2D eigenvalue weighted by Gasteiger charge is 2.06. The van der Waals surface area contributed by atoms with Crippen molar-refractivity contribution in [2.75, 3.05) is 6.61 Å². The zero-order valence-electron chi connectivity index (χ0n) is 8.09. The topological polar surface area (TPSA) is 18.5 Å². The van der Waals surface area contributed by atoms with Crippen molar-refractivity contribution in [3.05, 3.63) is 23.8 Å². The fraction of sp³-hybridized carbons (Fsp3) is 0.400. The maximum atomic E-state index is 11.9. The zero-order chi connectivity index (χ0) is 10.6. The molecule has 0 N–H and O–H groups in total. The number of halogens is 2. The van der Waals surface area contributed by atoms with Crippen LogP contribution in [0.25, 0.3) is 0 Å². The minimum atomic E-state index is -2.80. The molecule has 0 unspecified atom stereocenters. The molecule has 0 bridgehead atoms. The van der Waals surface area contributed by atoms with Gasteiger partial charge in [0.25, 0.3) is 0 Å². The maximum Gasteiger partial charge on any atom is 0.387 e. The molecule has 0 aromatic heterocycles. The highest BCUT2D eigenvalue weighted by atomic mass is 19.3. The molecule has 0 saturated heterocycles. The predicted octanol–water partition coefficient (Wildman–Crippen LogP) is 3.00. The van der Waals surface area contributed by atoms with E-state index in [0.717, 1.165) is 5.56 Å². The molecule has 1 aromatic carbocycles. The van der Waals surface area contributed by atoms with E-state index >= 15 is 0 Å². The van der Waals surface area contributed by atoms with E-state index in [1.54, 1.807) is 13.0 Å². The van der Waals surface area contributed by atoms with E-state index in [-0.39, 0.29) is 5.75 Å². The number of rotatable bonds is 4. The van der Waals surface area contributed by atoms with Crippen molar-refractivity contribution in [3.8, 4) is 11.5 Å². The van der Waals surface area contributed by atoms with Gasteiger partial charge >= 0.3 is 6.61 Å². The Morgan fingerprint density at radius 2 is 1.86 bits per heavy atom. The van der Waals surface area contributed by atoms with E-state index in [0.29, 0.717) is 12.4 Å². The molecule has 78 valence electrons. The van der Waals surface area contributed by atoms with Gasteiger partial charge in [-0.1, -0.05) is 0 Å². The first kappa shape index (κ1) is 10.8. The SMILES string of the molecule is CCOc1cc(C)cc(OC(F)F)c1. The fourth-order valence-electron chi connectivity index (χ4n) is 1.13. The summed E-state index contributed by atoms with van der Waals surface area (Å²) in [5.74, 6) is 0.673. The number of ether oxygens (including phenoxy) is 2. The van der Waals surface area contributed by atoms with E-state index in [1.165, 1.54) is 12.1 Å². The molecule has 0 fully saturated rings. The number of aryl methyl sites for hydroxylation is 1. The van der Waals surface area contributed by atoms with Crippen LogP contribution in [0.5, 0.6) is 11.5 Å². The van der Waals surface area contributed by atoms with Gasteiger partial charge in [-0.2, -0.15) is 8.78 Å². The van der Waals surface area contributed by atoms with E-state index in [1.807, 2.05) is 6.92 Å². The number of hydrogen-bond acceptors (Lipinski definition) is 2. The summed E-state index contributed by atoms with van der Waals surface area (Å²) in [6.07, 6.45) is 0. The van der Waals surface area contributed by atoms with Crippen molar-refractivity contribution in [1.82, 2.24) is 0 Å². The van der Waals surface area contributed by atoms with Gasteiger partial charge in [0.1, 0.15) is 11.5 Å². The zero-order valence-corrected chi connectivity index (χ0v) is 8.09. The monoisotopic (exact) mass is 202 g/mol. The van der Waals surface area contributed by atoms with Gasteiger partial charge in [0, 0.05) is 6.07 Å². The standard InChI is InChI=1S/C10H12F2O2/c1-3-13-8-4-7(2)5-9(6-8)14-10(11)12/h4-6,10H,3H2,1-2H3. The average Bonchev–Trinajstić information content (AvgIpc) is 2.01. The van der Waals surface area contributed by atoms with Crippen LogP contribution in [0.3, 0.4) is 0 Å². The van der Waals surface area contributed by atoms with Crippen molar-refractivity contribution in [2.45, 2.75) is 20.5 Å². The Kier molecular flexibility index (Phi) is 3.68. The highest BCUT2D eigenvalue weighted by molar-refractivity contribution is 5.37. The average molecular weight is 202 g/mol. The fourth-order valence-corrected chi connectivity index (χ4v) is 1.13. The predicted molar refractivity (Wildman–Crippen MR) is 49.0 cm³/mol. The second-order valence-corrected chi connectivity index (χ2v) is 2.79. The van der Waals surface area contributed by atoms with Gasteiger partial charge in [-0.15, -0.1) is 0 Å². The molecule has 0 heterocycles.